The molecule has 0 saturated heterocycles. The van der Waals surface area contributed by atoms with Crippen LogP contribution in [0.3, 0.4) is 0 Å². The molecule has 8 nitrogen and oxygen atoms in total. The van der Waals surface area contributed by atoms with E-state index in [4.69, 9.17) is 13.9 Å². The number of rotatable bonds is 6. The molecule has 0 fully saturated rings. The van der Waals surface area contributed by atoms with Crippen LogP contribution in [0.5, 0.6) is 17.2 Å². The quantitative estimate of drug-likeness (QED) is 0.569. The van der Waals surface area contributed by atoms with Crippen LogP contribution in [0.1, 0.15) is 30.4 Å². The number of benzene rings is 2. The molecule has 156 valence electrons. The third kappa shape index (κ3) is 3.81. The largest absolute Gasteiger partial charge is 0.508 e. The van der Waals surface area contributed by atoms with Crippen molar-refractivity contribution in [3.05, 3.63) is 64.0 Å². The van der Waals surface area contributed by atoms with E-state index >= 15 is 0 Å². The van der Waals surface area contributed by atoms with E-state index in [1.54, 1.807) is 37.3 Å². The van der Waals surface area contributed by atoms with Gasteiger partial charge in [-0.1, -0.05) is 12.1 Å². The Morgan fingerprint density at radius 3 is 2.67 bits per heavy atom. The Balaban J connectivity index is 1.80. The van der Waals surface area contributed by atoms with Gasteiger partial charge in [0.05, 0.1) is 17.8 Å². The van der Waals surface area contributed by atoms with Crippen molar-refractivity contribution in [2.45, 2.75) is 25.4 Å². The minimum atomic E-state index is -0.797. The molecule has 1 amide bonds. The van der Waals surface area contributed by atoms with Crippen molar-refractivity contribution < 1.29 is 28.9 Å². The second kappa shape index (κ2) is 8.08. The second-order valence-corrected chi connectivity index (χ2v) is 7.19. The van der Waals surface area contributed by atoms with Gasteiger partial charge in [-0.05, 0) is 25.1 Å². The highest BCUT2D eigenvalue weighted by atomic mass is 16.7. The molecular formula is C22H21NO7. The number of aliphatic hydroxyl groups is 1. The van der Waals surface area contributed by atoms with E-state index in [0.717, 1.165) is 0 Å². The first-order valence-electron chi connectivity index (χ1n) is 9.51. The normalized spacial score (nSPS) is 14.5. The monoisotopic (exact) mass is 411 g/mol. The SMILES string of the molecule is C[C@@H](O)CNC(=O)C[C@H](c1cc2c(cc1O)OCO2)c1coc2ccccc2c1=O. The lowest BCUT2D eigenvalue weighted by Gasteiger charge is -2.19. The summed E-state index contributed by atoms with van der Waals surface area (Å²) in [6, 6.07) is 9.79. The average molecular weight is 411 g/mol. The summed E-state index contributed by atoms with van der Waals surface area (Å²) in [6.07, 6.45) is 0.474. The maximum Gasteiger partial charge on any atom is 0.231 e. The van der Waals surface area contributed by atoms with Crippen LogP contribution in [0.2, 0.25) is 0 Å². The number of hydrogen-bond acceptors (Lipinski definition) is 7. The average Bonchev–Trinajstić information content (AvgIpc) is 3.18. The number of fused-ring (bicyclic) bond motifs is 2. The van der Waals surface area contributed by atoms with E-state index in [1.807, 2.05) is 0 Å². The molecule has 3 aromatic rings. The van der Waals surface area contributed by atoms with Crippen molar-refractivity contribution in [3.63, 3.8) is 0 Å². The molecule has 0 spiro atoms. The number of aliphatic hydroxyl groups excluding tert-OH is 1. The van der Waals surface area contributed by atoms with Gasteiger partial charge >= 0.3 is 0 Å². The van der Waals surface area contributed by atoms with Crippen LogP contribution >= 0.6 is 0 Å². The van der Waals surface area contributed by atoms with Gasteiger partial charge in [-0.2, -0.15) is 0 Å². The van der Waals surface area contributed by atoms with Crippen molar-refractivity contribution in [1.29, 1.82) is 0 Å². The van der Waals surface area contributed by atoms with E-state index in [2.05, 4.69) is 5.32 Å². The number of nitrogens with one attached hydrogen (secondary N) is 1. The van der Waals surface area contributed by atoms with Gasteiger partial charge in [-0.3, -0.25) is 9.59 Å². The van der Waals surface area contributed by atoms with E-state index in [1.165, 1.54) is 12.3 Å². The van der Waals surface area contributed by atoms with Crippen LogP contribution in [-0.2, 0) is 4.79 Å². The fraction of sp³-hybridized carbons (Fsp3) is 0.273. The highest BCUT2D eigenvalue weighted by Crippen LogP contribution is 2.42. The third-order valence-corrected chi connectivity index (χ3v) is 4.96. The summed E-state index contributed by atoms with van der Waals surface area (Å²) in [6.45, 7) is 1.65. The van der Waals surface area contributed by atoms with Crippen LogP contribution in [-0.4, -0.2) is 35.6 Å². The predicted molar refractivity (Wildman–Crippen MR) is 108 cm³/mol. The molecule has 2 aromatic carbocycles. The van der Waals surface area contributed by atoms with Gasteiger partial charge in [0.15, 0.2) is 16.9 Å². The molecule has 2 heterocycles. The molecule has 1 aromatic heterocycles. The van der Waals surface area contributed by atoms with E-state index in [0.29, 0.717) is 28.0 Å². The van der Waals surface area contributed by atoms with Crippen molar-refractivity contribution in [1.82, 2.24) is 5.32 Å². The zero-order valence-corrected chi connectivity index (χ0v) is 16.3. The molecule has 30 heavy (non-hydrogen) atoms. The molecule has 0 bridgehead atoms. The number of para-hydroxylation sites is 1. The van der Waals surface area contributed by atoms with Crippen molar-refractivity contribution >= 4 is 16.9 Å². The Morgan fingerprint density at radius 2 is 1.90 bits per heavy atom. The molecular weight excluding hydrogens is 390 g/mol. The number of phenolic OH excluding ortho intramolecular Hbond substituents is 1. The minimum absolute atomic E-state index is 0.0237. The summed E-state index contributed by atoms with van der Waals surface area (Å²) in [4.78, 5) is 25.7. The van der Waals surface area contributed by atoms with Gasteiger partial charge in [-0.25, -0.2) is 0 Å². The van der Waals surface area contributed by atoms with Crippen LogP contribution in [0, 0.1) is 0 Å². The maximum atomic E-state index is 13.2. The Morgan fingerprint density at radius 1 is 1.17 bits per heavy atom. The Bertz CT molecular complexity index is 1150. The summed E-state index contributed by atoms with van der Waals surface area (Å²) in [5.41, 5.74) is 0.713. The Hall–Kier alpha value is -3.52. The second-order valence-electron chi connectivity index (χ2n) is 7.19. The predicted octanol–water partition coefficient (Wildman–Crippen LogP) is 2.25. The highest BCUT2D eigenvalue weighted by Gasteiger charge is 2.28. The summed E-state index contributed by atoms with van der Waals surface area (Å²) in [5, 5.41) is 23.0. The number of aromatic hydroxyl groups is 1. The van der Waals surface area contributed by atoms with Gasteiger partial charge < -0.3 is 29.4 Å². The van der Waals surface area contributed by atoms with Crippen LogP contribution in [0.25, 0.3) is 11.0 Å². The zero-order chi connectivity index (χ0) is 21.3. The lowest BCUT2D eigenvalue weighted by atomic mass is 9.87. The summed E-state index contributed by atoms with van der Waals surface area (Å²) in [7, 11) is 0. The van der Waals surface area contributed by atoms with Gasteiger partial charge in [0.1, 0.15) is 11.3 Å². The standard InChI is InChI=1S/C22H21NO7/c1-12(24)9-23-21(26)7-14(15-6-19-20(8-17(15)25)30-11-29-19)16-10-28-18-5-3-2-4-13(18)22(16)27/h2-6,8,10,12,14,24-25H,7,9,11H2,1H3,(H,23,26)/t12-,14-/m1/s1. The molecule has 3 N–H and O–H groups in total. The number of amides is 1. The minimum Gasteiger partial charge on any atom is -0.508 e. The first-order chi connectivity index (χ1) is 14.4. The van der Waals surface area contributed by atoms with Crippen molar-refractivity contribution in [2.75, 3.05) is 13.3 Å². The van der Waals surface area contributed by atoms with Crippen LogP contribution in [0.4, 0.5) is 0 Å². The number of phenols is 1. The van der Waals surface area contributed by atoms with E-state index in [-0.39, 0.29) is 42.4 Å². The van der Waals surface area contributed by atoms with Crippen molar-refractivity contribution in [2.24, 2.45) is 0 Å². The van der Waals surface area contributed by atoms with E-state index < -0.39 is 12.0 Å². The van der Waals surface area contributed by atoms with Gasteiger partial charge in [0, 0.05) is 36.1 Å². The number of ether oxygens (including phenoxy) is 2. The molecule has 1 aliphatic heterocycles. The molecule has 2 atom stereocenters. The molecule has 0 radical (unpaired) electrons. The van der Waals surface area contributed by atoms with Crippen LogP contribution in [0.15, 0.2) is 51.9 Å². The zero-order valence-electron chi connectivity index (χ0n) is 16.3. The fourth-order valence-corrected chi connectivity index (χ4v) is 3.47. The first kappa shape index (κ1) is 19.8. The number of hydrogen-bond donors (Lipinski definition) is 3. The molecule has 8 heteroatoms. The smallest absolute Gasteiger partial charge is 0.231 e. The summed E-state index contributed by atoms with van der Waals surface area (Å²) in [5.74, 6) is -0.499. The lowest BCUT2D eigenvalue weighted by Crippen LogP contribution is -2.32. The number of carbonyl (C=O) groups is 1. The number of carbonyl (C=O) groups excluding carboxylic acids is 1. The first-order valence-corrected chi connectivity index (χ1v) is 9.51. The van der Waals surface area contributed by atoms with Crippen LogP contribution < -0.4 is 20.2 Å². The summed E-state index contributed by atoms with van der Waals surface area (Å²) >= 11 is 0. The molecule has 0 unspecified atom stereocenters. The maximum absolute atomic E-state index is 13.2. The fourth-order valence-electron chi connectivity index (χ4n) is 3.47. The molecule has 1 aliphatic rings. The Labute approximate surface area is 171 Å². The van der Waals surface area contributed by atoms with Crippen molar-refractivity contribution in [3.8, 4) is 17.2 Å². The van der Waals surface area contributed by atoms with E-state index in [9.17, 15) is 19.8 Å². The van der Waals surface area contributed by atoms with Gasteiger partial charge in [0.25, 0.3) is 0 Å². The molecule has 0 aliphatic carbocycles. The van der Waals surface area contributed by atoms with Gasteiger partial charge in [-0.15, -0.1) is 0 Å². The lowest BCUT2D eigenvalue weighted by molar-refractivity contribution is -0.121. The molecule has 4 rings (SSSR count). The third-order valence-electron chi connectivity index (χ3n) is 4.96. The Kier molecular flexibility index (Phi) is 5.33. The molecule has 0 saturated carbocycles. The summed E-state index contributed by atoms with van der Waals surface area (Å²) < 4.78 is 16.3. The van der Waals surface area contributed by atoms with Gasteiger partial charge in [0.2, 0.25) is 12.7 Å². The highest BCUT2D eigenvalue weighted by molar-refractivity contribution is 5.80. The topological polar surface area (TPSA) is 118 Å².